The molecule has 1 aliphatic heterocycles. The number of aromatic nitrogens is 2. The van der Waals surface area contributed by atoms with Gasteiger partial charge in [0.2, 0.25) is 5.91 Å². The summed E-state index contributed by atoms with van der Waals surface area (Å²) in [5.74, 6) is -0.0876. The average Bonchev–Trinajstić information content (AvgIpc) is 2.84. The van der Waals surface area contributed by atoms with Gasteiger partial charge in [0.05, 0.1) is 17.1 Å². The first-order valence-corrected chi connectivity index (χ1v) is 8.54. The van der Waals surface area contributed by atoms with Crippen LogP contribution in [0.5, 0.6) is 0 Å². The molecule has 7 nitrogen and oxygen atoms in total. The first-order chi connectivity index (χ1) is 11.1. The largest absolute Gasteiger partial charge is 0.395 e. The predicted molar refractivity (Wildman–Crippen MR) is 89.0 cm³/mol. The Morgan fingerprint density at radius 2 is 2.09 bits per heavy atom. The normalized spacial score (nSPS) is 16.2. The molecule has 0 atom stereocenters. The van der Waals surface area contributed by atoms with Gasteiger partial charge >= 0.3 is 4.87 Å². The number of β-amino-alcohol motifs (C(OH)–C–C–N with tert-alkyl or cyclic N) is 1. The first kappa shape index (κ1) is 16.4. The number of carbonyl (C=O) groups excluding carboxylic acids is 1. The Balaban J connectivity index is 1.72. The molecule has 3 heterocycles. The molecule has 0 aromatic carbocycles. The van der Waals surface area contributed by atoms with Gasteiger partial charge in [0.1, 0.15) is 11.4 Å². The maximum atomic E-state index is 12.5. The molecule has 1 amide bonds. The number of fused-ring (bicyclic) bond motifs is 1. The SMILES string of the molecule is O=C(Cn1c(=O)sc2ncc(Cl)cc21)N1CCN(CCO)CC1. The lowest BCUT2D eigenvalue weighted by Gasteiger charge is -2.34. The maximum Gasteiger partial charge on any atom is 0.310 e. The fourth-order valence-electron chi connectivity index (χ4n) is 2.67. The summed E-state index contributed by atoms with van der Waals surface area (Å²) in [7, 11) is 0. The number of amides is 1. The third-order valence-corrected chi connectivity index (χ3v) is 5.04. The molecule has 23 heavy (non-hydrogen) atoms. The molecule has 0 radical (unpaired) electrons. The minimum atomic E-state index is -0.206. The van der Waals surface area contributed by atoms with Crippen molar-refractivity contribution in [1.29, 1.82) is 0 Å². The van der Waals surface area contributed by atoms with Crippen LogP contribution in [0.2, 0.25) is 5.02 Å². The van der Waals surface area contributed by atoms with Crippen molar-refractivity contribution >= 4 is 39.2 Å². The second kappa shape index (κ2) is 6.96. The molecule has 1 saturated heterocycles. The molecular formula is C14H17ClN4O3S. The van der Waals surface area contributed by atoms with E-state index in [1.807, 2.05) is 0 Å². The van der Waals surface area contributed by atoms with Crippen molar-refractivity contribution in [2.45, 2.75) is 6.54 Å². The standard InChI is InChI=1S/C14H17ClN4O3S/c15-10-7-11-13(16-8-10)23-14(22)19(11)9-12(21)18-3-1-17(2-4-18)5-6-20/h7-8,20H,1-6,9H2. The molecule has 9 heteroatoms. The molecule has 0 bridgehead atoms. The van der Waals surface area contributed by atoms with E-state index in [1.165, 1.54) is 10.8 Å². The van der Waals surface area contributed by atoms with Crippen molar-refractivity contribution in [3.63, 3.8) is 0 Å². The van der Waals surface area contributed by atoms with Gasteiger partial charge in [0, 0.05) is 38.9 Å². The van der Waals surface area contributed by atoms with E-state index < -0.39 is 0 Å². The van der Waals surface area contributed by atoms with Crippen LogP contribution in [0.4, 0.5) is 0 Å². The third-order valence-electron chi connectivity index (χ3n) is 3.93. The average molecular weight is 357 g/mol. The summed E-state index contributed by atoms with van der Waals surface area (Å²) in [6.45, 7) is 3.43. The van der Waals surface area contributed by atoms with Crippen LogP contribution in [0, 0.1) is 0 Å². The summed E-state index contributed by atoms with van der Waals surface area (Å²) >= 11 is 6.95. The summed E-state index contributed by atoms with van der Waals surface area (Å²) in [4.78, 5) is 32.9. The predicted octanol–water partition coefficient (Wildman–Crippen LogP) is 0.248. The number of carbonyl (C=O) groups is 1. The number of aliphatic hydroxyl groups excluding tert-OH is 1. The maximum absolute atomic E-state index is 12.5. The topological polar surface area (TPSA) is 78.7 Å². The summed E-state index contributed by atoms with van der Waals surface area (Å²) in [5, 5.41) is 9.38. The molecule has 2 aromatic rings. The Hall–Kier alpha value is -1.48. The highest BCUT2D eigenvalue weighted by Crippen LogP contribution is 2.19. The van der Waals surface area contributed by atoms with E-state index >= 15 is 0 Å². The van der Waals surface area contributed by atoms with Gasteiger partial charge in [-0.3, -0.25) is 19.1 Å². The van der Waals surface area contributed by atoms with Gasteiger partial charge in [-0.2, -0.15) is 0 Å². The Bertz CT molecular complexity index is 767. The third kappa shape index (κ3) is 3.55. The van der Waals surface area contributed by atoms with Crippen LogP contribution in [-0.4, -0.2) is 69.7 Å². The minimum absolute atomic E-state index is 0.000849. The Labute approximate surface area is 141 Å². The molecule has 2 aromatic heterocycles. The number of aliphatic hydroxyl groups is 1. The van der Waals surface area contributed by atoms with Gasteiger partial charge < -0.3 is 10.0 Å². The Morgan fingerprint density at radius 3 is 2.78 bits per heavy atom. The van der Waals surface area contributed by atoms with Crippen LogP contribution >= 0.6 is 22.9 Å². The Kier molecular flexibility index (Phi) is 4.96. The van der Waals surface area contributed by atoms with Crippen molar-refractivity contribution in [2.75, 3.05) is 39.3 Å². The van der Waals surface area contributed by atoms with E-state index in [4.69, 9.17) is 16.7 Å². The first-order valence-electron chi connectivity index (χ1n) is 7.34. The molecule has 0 saturated carbocycles. The molecule has 0 aliphatic carbocycles. The number of nitrogens with zero attached hydrogens (tertiary/aromatic N) is 4. The number of rotatable bonds is 4. The van der Waals surface area contributed by atoms with Crippen molar-refractivity contribution in [3.8, 4) is 0 Å². The summed E-state index contributed by atoms with van der Waals surface area (Å²) in [6.07, 6.45) is 1.49. The van der Waals surface area contributed by atoms with Crippen molar-refractivity contribution in [1.82, 2.24) is 19.4 Å². The number of hydrogen-bond donors (Lipinski definition) is 1. The highest BCUT2D eigenvalue weighted by molar-refractivity contribution is 7.16. The van der Waals surface area contributed by atoms with Crippen molar-refractivity contribution in [3.05, 3.63) is 27.0 Å². The van der Waals surface area contributed by atoms with Gasteiger partial charge in [-0.1, -0.05) is 22.9 Å². The summed E-state index contributed by atoms with van der Waals surface area (Å²) in [6, 6.07) is 1.66. The van der Waals surface area contributed by atoms with E-state index in [0.29, 0.717) is 35.0 Å². The second-order valence-electron chi connectivity index (χ2n) is 5.38. The zero-order valence-electron chi connectivity index (χ0n) is 12.4. The molecule has 1 fully saturated rings. The van der Waals surface area contributed by atoms with E-state index in [9.17, 15) is 9.59 Å². The van der Waals surface area contributed by atoms with Gasteiger partial charge in [-0.25, -0.2) is 4.98 Å². The van der Waals surface area contributed by atoms with E-state index in [1.54, 1.807) is 11.0 Å². The van der Waals surface area contributed by atoms with Crippen LogP contribution in [-0.2, 0) is 11.3 Å². The van der Waals surface area contributed by atoms with Crippen molar-refractivity contribution in [2.24, 2.45) is 0 Å². The highest BCUT2D eigenvalue weighted by Gasteiger charge is 2.22. The van der Waals surface area contributed by atoms with Crippen LogP contribution in [0.25, 0.3) is 10.3 Å². The molecular weight excluding hydrogens is 340 g/mol. The number of hydrogen-bond acceptors (Lipinski definition) is 6. The van der Waals surface area contributed by atoms with E-state index in [2.05, 4.69) is 9.88 Å². The van der Waals surface area contributed by atoms with Crippen molar-refractivity contribution < 1.29 is 9.90 Å². The lowest BCUT2D eigenvalue weighted by molar-refractivity contribution is -0.133. The fraction of sp³-hybridized carbons (Fsp3) is 0.500. The van der Waals surface area contributed by atoms with E-state index in [0.717, 1.165) is 24.4 Å². The molecule has 3 rings (SSSR count). The number of halogens is 1. The zero-order chi connectivity index (χ0) is 16.4. The minimum Gasteiger partial charge on any atom is -0.395 e. The number of pyridine rings is 1. The molecule has 0 spiro atoms. The smallest absolute Gasteiger partial charge is 0.310 e. The van der Waals surface area contributed by atoms with E-state index in [-0.39, 0.29) is 23.9 Å². The fourth-order valence-corrected chi connectivity index (χ4v) is 3.64. The van der Waals surface area contributed by atoms with Gasteiger partial charge in [-0.15, -0.1) is 0 Å². The molecule has 124 valence electrons. The van der Waals surface area contributed by atoms with Gasteiger partial charge in [0.25, 0.3) is 0 Å². The zero-order valence-corrected chi connectivity index (χ0v) is 14.0. The second-order valence-corrected chi connectivity index (χ2v) is 6.75. The van der Waals surface area contributed by atoms with Gasteiger partial charge in [-0.05, 0) is 6.07 Å². The summed E-state index contributed by atoms with van der Waals surface area (Å²) in [5.41, 5.74) is 0.597. The summed E-state index contributed by atoms with van der Waals surface area (Å²) < 4.78 is 1.43. The quantitative estimate of drug-likeness (QED) is 0.849. The Morgan fingerprint density at radius 1 is 1.35 bits per heavy atom. The van der Waals surface area contributed by atoms with Gasteiger partial charge in [0.15, 0.2) is 0 Å². The molecule has 1 aliphatic rings. The molecule has 1 N–H and O–H groups in total. The lowest BCUT2D eigenvalue weighted by atomic mass is 10.3. The monoisotopic (exact) mass is 356 g/mol. The molecule has 0 unspecified atom stereocenters. The van der Waals surface area contributed by atoms with Crippen LogP contribution < -0.4 is 4.87 Å². The number of piperazine rings is 1. The van der Waals surface area contributed by atoms with Crippen LogP contribution in [0.1, 0.15) is 0 Å². The number of thiazole rings is 1. The van der Waals surface area contributed by atoms with Crippen LogP contribution in [0.3, 0.4) is 0 Å². The highest BCUT2D eigenvalue weighted by atomic mass is 35.5. The van der Waals surface area contributed by atoms with Crippen LogP contribution in [0.15, 0.2) is 17.1 Å². The lowest BCUT2D eigenvalue weighted by Crippen LogP contribution is -2.50.